The van der Waals surface area contributed by atoms with Crippen molar-refractivity contribution in [2.24, 2.45) is 0 Å². The number of anilines is 2. The first-order valence-corrected chi connectivity index (χ1v) is 16.3. The molecule has 5 rings (SSSR count). The molecule has 2 N–H and O–H groups in total. The summed E-state index contributed by atoms with van der Waals surface area (Å²) < 4.78 is 6.72. The van der Waals surface area contributed by atoms with Gasteiger partial charge in [0.25, 0.3) is 5.91 Å². The molecule has 2 amide bonds. The van der Waals surface area contributed by atoms with Crippen molar-refractivity contribution in [2.45, 2.75) is 71.1 Å². The number of phenols is 1. The third-order valence-corrected chi connectivity index (χ3v) is 8.38. The number of hydrogen-bond acceptors (Lipinski definition) is 6. The van der Waals surface area contributed by atoms with E-state index < -0.39 is 5.91 Å². The minimum absolute atomic E-state index is 0.0453. The van der Waals surface area contributed by atoms with E-state index in [1.807, 2.05) is 42.5 Å². The number of nitrogens with zero attached hydrogens (tertiary/aromatic N) is 4. The molecule has 46 heavy (non-hydrogen) atoms. The van der Waals surface area contributed by atoms with Crippen LogP contribution in [0.3, 0.4) is 0 Å². The highest BCUT2D eigenvalue weighted by Crippen LogP contribution is 2.38. The maximum absolute atomic E-state index is 14.3. The molecule has 0 aliphatic heterocycles. The number of fused-ring (bicyclic) bond motifs is 2. The highest BCUT2D eigenvalue weighted by Gasteiger charge is 2.26. The molecule has 0 radical (unpaired) electrons. The van der Waals surface area contributed by atoms with Crippen molar-refractivity contribution in [3.05, 3.63) is 84.4 Å². The highest BCUT2D eigenvalue weighted by molar-refractivity contribution is 6.15. The van der Waals surface area contributed by atoms with E-state index in [0.717, 1.165) is 19.3 Å². The van der Waals surface area contributed by atoms with Gasteiger partial charge in [-0.2, -0.15) is 4.68 Å². The Hall–Kier alpha value is -4.92. The Kier molecular flexibility index (Phi) is 11.2. The molecule has 1 heterocycles. The second-order valence-corrected chi connectivity index (χ2v) is 11.6. The van der Waals surface area contributed by atoms with Gasteiger partial charge in [-0.15, -0.1) is 5.10 Å². The molecule has 9 heteroatoms. The van der Waals surface area contributed by atoms with E-state index in [0.29, 0.717) is 45.5 Å². The third-order valence-electron chi connectivity index (χ3n) is 8.38. The van der Waals surface area contributed by atoms with Crippen molar-refractivity contribution >= 4 is 45.1 Å². The number of aromatic hydroxyl groups is 1. The van der Waals surface area contributed by atoms with Crippen molar-refractivity contribution in [1.29, 1.82) is 0 Å². The number of rotatable bonds is 15. The Morgan fingerprint density at radius 1 is 0.826 bits per heavy atom. The van der Waals surface area contributed by atoms with Crippen molar-refractivity contribution < 1.29 is 19.4 Å². The Morgan fingerprint density at radius 3 is 2.20 bits per heavy atom. The maximum Gasteiger partial charge on any atom is 0.351 e. The molecule has 4 aromatic carbocycles. The number of para-hydroxylation sites is 3. The van der Waals surface area contributed by atoms with Gasteiger partial charge in [-0.05, 0) is 36.8 Å². The predicted molar refractivity (Wildman–Crippen MR) is 184 cm³/mol. The normalized spacial score (nSPS) is 11.2. The summed E-state index contributed by atoms with van der Waals surface area (Å²) in [4.78, 5) is 29.6. The van der Waals surface area contributed by atoms with Crippen LogP contribution in [0.25, 0.3) is 21.8 Å². The van der Waals surface area contributed by atoms with Crippen LogP contribution >= 0.6 is 0 Å². The highest BCUT2D eigenvalue weighted by atomic mass is 16.5. The molecule has 0 saturated heterocycles. The molecule has 9 nitrogen and oxygen atoms in total. The second kappa shape index (κ2) is 15.9. The quantitative estimate of drug-likeness (QED) is 0.113. The first-order valence-electron chi connectivity index (χ1n) is 16.3. The van der Waals surface area contributed by atoms with Crippen LogP contribution in [0.15, 0.2) is 78.9 Å². The maximum atomic E-state index is 14.3. The van der Waals surface area contributed by atoms with Gasteiger partial charge in [-0.25, -0.2) is 4.79 Å². The van der Waals surface area contributed by atoms with Crippen molar-refractivity contribution in [2.75, 3.05) is 23.9 Å². The van der Waals surface area contributed by atoms with Crippen molar-refractivity contribution in [1.82, 2.24) is 15.0 Å². The zero-order valence-electron chi connectivity index (χ0n) is 26.7. The van der Waals surface area contributed by atoms with Gasteiger partial charge < -0.3 is 15.2 Å². The molecule has 240 valence electrons. The van der Waals surface area contributed by atoms with Gasteiger partial charge in [0.15, 0.2) is 0 Å². The number of benzene rings is 4. The molecule has 5 aromatic rings. The van der Waals surface area contributed by atoms with Crippen LogP contribution in [0.5, 0.6) is 11.5 Å². The number of carbonyl (C=O) groups excluding carboxylic acids is 2. The average molecular weight is 622 g/mol. The van der Waals surface area contributed by atoms with Gasteiger partial charge in [0.1, 0.15) is 17.0 Å². The zero-order chi connectivity index (χ0) is 32.3. The van der Waals surface area contributed by atoms with Gasteiger partial charge >= 0.3 is 6.03 Å². The molecule has 0 atom stereocenters. The summed E-state index contributed by atoms with van der Waals surface area (Å²) in [6.07, 6.45) is 11.7. The van der Waals surface area contributed by atoms with E-state index in [1.54, 1.807) is 41.3 Å². The number of unbranched alkanes of at least 4 members (excludes halogenated alkanes) is 9. The van der Waals surface area contributed by atoms with Crippen LogP contribution < -0.4 is 15.0 Å². The standard InChI is InChI=1S/C37H43N5O4/c1-3-4-5-6-7-8-9-10-11-18-25-41(37(45)42-32-23-16-14-21-30(32)39-40-42)33-26-29(35(43)28-20-13-12-19-27(28)33)36(44)38-31-22-15-17-24-34(31)46-2/h12-17,19-24,26,43H,3-11,18,25H2,1-2H3,(H,38,44). The molecular formula is C37H43N5O4. The molecule has 0 aliphatic rings. The molecular weight excluding hydrogens is 578 g/mol. The van der Waals surface area contributed by atoms with Gasteiger partial charge in [-0.1, -0.05) is 118 Å². The summed E-state index contributed by atoms with van der Waals surface area (Å²) in [6, 6.07) is 22.9. The number of phenolic OH excluding ortho intramolecular Hbond substituents is 1. The van der Waals surface area contributed by atoms with Crippen LogP contribution in [0.1, 0.15) is 81.5 Å². The summed E-state index contributed by atoms with van der Waals surface area (Å²) in [5.74, 6) is -0.192. The third kappa shape index (κ3) is 7.47. The number of amides is 2. The van der Waals surface area contributed by atoms with Gasteiger partial charge in [-0.3, -0.25) is 9.69 Å². The summed E-state index contributed by atoms with van der Waals surface area (Å²) in [6.45, 7) is 2.64. The first-order chi connectivity index (χ1) is 22.5. The molecule has 1 aromatic heterocycles. The lowest BCUT2D eigenvalue weighted by atomic mass is 10.0. The summed E-state index contributed by atoms with van der Waals surface area (Å²) >= 11 is 0. The number of ether oxygens (including phenoxy) is 1. The first kappa shape index (κ1) is 32.5. The number of hydrogen-bond donors (Lipinski definition) is 2. The smallest absolute Gasteiger partial charge is 0.351 e. The lowest BCUT2D eigenvalue weighted by Crippen LogP contribution is -2.36. The Bertz CT molecular complexity index is 1780. The SMILES string of the molecule is CCCCCCCCCCCCN(C(=O)n1nnc2ccccc21)c1cc(C(=O)Nc2ccccc2OC)c(O)c2ccccc12. The van der Waals surface area contributed by atoms with Crippen LogP contribution in [-0.4, -0.2) is 45.7 Å². The Morgan fingerprint density at radius 2 is 1.46 bits per heavy atom. The molecule has 0 bridgehead atoms. The molecule has 0 fully saturated rings. The van der Waals surface area contributed by atoms with E-state index in [4.69, 9.17) is 4.74 Å². The van der Waals surface area contributed by atoms with E-state index in [2.05, 4.69) is 22.6 Å². The number of aromatic nitrogens is 3. The minimum atomic E-state index is -0.522. The fourth-order valence-corrected chi connectivity index (χ4v) is 5.88. The Balaban J connectivity index is 1.45. The van der Waals surface area contributed by atoms with Crippen LogP contribution in [0.4, 0.5) is 16.2 Å². The van der Waals surface area contributed by atoms with E-state index >= 15 is 0 Å². The van der Waals surface area contributed by atoms with Crippen LogP contribution in [-0.2, 0) is 0 Å². The minimum Gasteiger partial charge on any atom is -0.506 e. The number of carbonyl (C=O) groups is 2. The Labute approximate surface area is 270 Å². The van der Waals surface area contributed by atoms with Crippen molar-refractivity contribution in [3.63, 3.8) is 0 Å². The fraction of sp³-hybridized carbons (Fsp3) is 0.351. The lowest BCUT2D eigenvalue weighted by molar-refractivity contribution is 0.102. The van der Waals surface area contributed by atoms with Crippen LogP contribution in [0, 0.1) is 0 Å². The van der Waals surface area contributed by atoms with Gasteiger partial charge in [0, 0.05) is 17.3 Å². The van der Waals surface area contributed by atoms with E-state index in [-0.39, 0.29) is 17.3 Å². The summed E-state index contributed by atoms with van der Waals surface area (Å²) in [5.41, 5.74) is 2.24. The lowest BCUT2D eigenvalue weighted by Gasteiger charge is -2.25. The fourth-order valence-electron chi connectivity index (χ4n) is 5.88. The monoisotopic (exact) mass is 621 g/mol. The van der Waals surface area contributed by atoms with E-state index in [1.165, 1.54) is 56.7 Å². The van der Waals surface area contributed by atoms with Crippen molar-refractivity contribution in [3.8, 4) is 11.5 Å². The predicted octanol–water partition coefficient (Wildman–Crippen LogP) is 8.95. The van der Waals surface area contributed by atoms with Gasteiger partial charge in [0.05, 0.1) is 29.6 Å². The summed E-state index contributed by atoms with van der Waals surface area (Å²) in [5, 5.41) is 23.7. The number of nitrogens with one attached hydrogen (secondary N) is 1. The van der Waals surface area contributed by atoms with Gasteiger partial charge in [0.2, 0.25) is 0 Å². The molecule has 0 spiro atoms. The average Bonchev–Trinajstić information content (AvgIpc) is 3.52. The number of methoxy groups -OCH3 is 1. The molecule has 0 unspecified atom stereocenters. The van der Waals surface area contributed by atoms with E-state index in [9.17, 15) is 14.7 Å². The molecule has 0 saturated carbocycles. The molecule has 0 aliphatic carbocycles. The zero-order valence-corrected chi connectivity index (χ0v) is 26.7. The summed E-state index contributed by atoms with van der Waals surface area (Å²) in [7, 11) is 1.53. The van der Waals surface area contributed by atoms with Crippen LogP contribution in [0.2, 0.25) is 0 Å². The largest absolute Gasteiger partial charge is 0.506 e. The second-order valence-electron chi connectivity index (χ2n) is 11.6. The topological polar surface area (TPSA) is 110 Å².